The Labute approximate surface area is 298 Å². The summed E-state index contributed by atoms with van der Waals surface area (Å²) < 4.78 is 11.5. The van der Waals surface area contributed by atoms with E-state index in [1.165, 1.54) is 43.9 Å². The topological polar surface area (TPSA) is 102 Å². The third-order valence-corrected chi connectivity index (χ3v) is 11.6. The Morgan fingerprint density at radius 2 is 1.80 bits per heavy atom. The average molecular weight is 679 g/mol. The summed E-state index contributed by atoms with van der Waals surface area (Å²) in [5, 5.41) is 3.83. The highest BCUT2D eigenvalue weighted by Crippen LogP contribution is 2.49. The number of hydrogen-bond acceptors (Lipinski definition) is 8. The maximum Gasteiger partial charge on any atom is 0.305 e. The van der Waals surface area contributed by atoms with E-state index in [4.69, 9.17) is 24.5 Å². The molecule has 0 spiro atoms. The molecule has 0 saturated heterocycles. The first kappa shape index (κ1) is 35.9. The molecular formula is C42H54N4O4. The summed E-state index contributed by atoms with van der Waals surface area (Å²) in [4.78, 5) is 41.2. The number of nitrogens with one attached hydrogen (secondary N) is 1. The minimum atomic E-state index is -0.236. The van der Waals surface area contributed by atoms with Crippen LogP contribution in [-0.4, -0.2) is 49.2 Å². The number of ether oxygens (including phenoxy) is 2. The molecule has 0 fully saturated rings. The van der Waals surface area contributed by atoms with Crippen molar-refractivity contribution < 1.29 is 19.1 Å². The summed E-state index contributed by atoms with van der Waals surface area (Å²) in [5.41, 5.74) is 14.8. The van der Waals surface area contributed by atoms with Crippen LogP contribution in [0.2, 0.25) is 0 Å². The van der Waals surface area contributed by atoms with Crippen molar-refractivity contribution >= 4 is 29.4 Å². The molecule has 0 aromatic heterocycles. The Bertz CT molecular complexity index is 1790. The van der Waals surface area contributed by atoms with Crippen molar-refractivity contribution in [1.29, 1.82) is 0 Å². The molecule has 266 valence electrons. The molecule has 50 heavy (non-hydrogen) atoms. The molecule has 0 aromatic rings. The Morgan fingerprint density at radius 1 is 1.02 bits per heavy atom. The monoisotopic (exact) mass is 678 g/mol. The highest BCUT2D eigenvalue weighted by atomic mass is 16.5. The number of nitrogens with zero attached hydrogens (tertiary/aromatic N) is 3. The van der Waals surface area contributed by atoms with Crippen LogP contribution in [0.3, 0.4) is 0 Å². The van der Waals surface area contributed by atoms with E-state index < -0.39 is 0 Å². The van der Waals surface area contributed by atoms with Gasteiger partial charge in [0.05, 0.1) is 47.3 Å². The number of carbonyl (C=O) groups is 2. The molecule has 0 aromatic carbocycles. The minimum Gasteiger partial charge on any atom is -0.469 e. The number of carbonyl (C=O) groups excluding carboxylic acids is 2. The lowest BCUT2D eigenvalue weighted by molar-refractivity contribution is -0.140. The van der Waals surface area contributed by atoms with E-state index in [0.717, 1.165) is 101 Å². The van der Waals surface area contributed by atoms with E-state index in [1.807, 2.05) is 0 Å². The van der Waals surface area contributed by atoms with Gasteiger partial charge in [0.1, 0.15) is 0 Å². The molecular weight excluding hydrogens is 624 g/mol. The van der Waals surface area contributed by atoms with Gasteiger partial charge in [-0.05, 0) is 92.9 Å². The summed E-state index contributed by atoms with van der Waals surface area (Å²) in [6.45, 7) is 15.8. The predicted molar refractivity (Wildman–Crippen MR) is 201 cm³/mol. The lowest BCUT2D eigenvalue weighted by Gasteiger charge is -2.20. The van der Waals surface area contributed by atoms with Gasteiger partial charge < -0.3 is 14.8 Å². The molecule has 0 amide bonds. The highest BCUT2D eigenvalue weighted by molar-refractivity contribution is 6.21. The zero-order valence-electron chi connectivity index (χ0n) is 31.3. The van der Waals surface area contributed by atoms with Gasteiger partial charge in [0, 0.05) is 53.4 Å². The van der Waals surface area contributed by atoms with Gasteiger partial charge in [-0.3, -0.25) is 14.6 Å². The van der Waals surface area contributed by atoms with Gasteiger partial charge in [0.15, 0.2) is 6.29 Å². The van der Waals surface area contributed by atoms with Gasteiger partial charge in [-0.2, -0.15) is 0 Å². The number of aldehydes is 1. The Morgan fingerprint density at radius 3 is 2.52 bits per heavy atom. The summed E-state index contributed by atoms with van der Waals surface area (Å²) in [6, 6.07) is 0. The van der Waals surface area contributed by atoms with Gasteiger partial charge in [-0.25, -0.2) is 9.98 Å². The second kappa shape index (κ2) is 15.1. The van der Waals surface area contributed by atoms with Crippen LogP contribution in [0.1, 0.15) is 113 Å². The van der Waals surface area contributed by atoms with Gasteiger partial charge in [0.25, 0.3) is 0 Å². The fourth-order valence-corrected chi connectivity index (χ4v) is 8.62. The lowest BCUT2D eigenvalue weighted by Crippen LogP contribution is -2.21. The number of rotatable bonds is 13. The number of allylic oxidation sites excluding steroid dienone is 9. The van der Waals surface area contributed by atoms with Crippen molar-refractivity contribution in [3.8, 4) is 0 Å². The quantitative estimate of drug-likeness (QED) is 0.119. The standard InChI is InChI=1S/C42H54N4O4/c1-9-11-12-13-14-19-50-27(7)38-26(6)34-20-35-28(10-2)24(4)39(45-35)32(22-47)40-25(5)30(17-18-37(48)49-8)42(46-40)31-16-15-29-23(3)33(44-41(29)31)21-36(38)43-34/h20-23,25,27,30,44H,9-19H2,1-8H3/t23?,25-,27?,30-/m0/s1. The van der Waals surface area contributed by atoms with E-state index in [9.17, 15) is 9.59 Å². The molecule has 1 N–H and O–H groups in total. The SMILES string of the molecule is CCCCCCCOC(C)C1=C(C)C2=CC3=NC(=C(C=O)C4=NC(=C5CCC6=C5NC(=CC1=N2)C6C)[C@@H](CCC(=O)OC)[C@@H]4C)C(C)=C3CC. The van der Waals surface area contributed by atoms with E-state index in [-0.39, 0.29) is 29.8 Å². The van der Waals surface area contributed by atoms with Crippen LogP contribution in [0, 0.1) is 17.8 Å². The smallest absolute Gasteiger partial charge is 0.305 e. The van der Waals surface area contributed by atoms with Gasteiger partial charge in [-0.15, -0.1) is 0 Å². The van der Waals surface area contributed by atoms with Crippen molar-refractivity contribution in [2.45, 2.75) is 119 Å². The Balaban J connectivity index is 1.49. The van der Waals surface area contributed by atoms with Crippen LogP contribution in [0.4, 0.5) is 0 Å². The molecule has 6 rings (SSSR count). The van der Waals surface area contributed by atoms with Crippen molar-refractivity contribution in [1.82, 2.24) is 5.32 Å². The van der Waals surface area contributed by atoms with Crippen molar-refractivity contribution in [3.05, 3.63) is 79.6 Å². The molecule has 4 atom stereocenters. The highest BCUT2D eigenvalue weighted by Gasteiger charge is 2.42. The maximum atomic E-state index is 13.1. The van der Waals surface area contributed by atoms with Crippen molar-refractivity contribution in [2.75, 3.05) is 13.7 Å². The Hall–Kier alpha value is -3.91. The summed E-state index contributed by atoms with van der Waals surface area (Å²) in [5.74, 6) is -0.128. The third kappa shape index (κ3) is 6.52. The fourth-order valence-electron chi connectivity index (χ4n) is 8.62. The molecule has 8 bridgehead atoms. The second-order valence-electron chi connectivity index (χ2n) is 14.5. The zero-order chi connectivity index (χ0) is 35.7. The molecule has 8 nitrogen and oxygen atoms in total. The minimum absolute atomic E-state index is 0.0261. The normalized spacial score (nSPS) is 24.9. The molecule has 5 heterocycles. The van der Waals surface area contributed by atoms with Gasteiger partial charge in [0.2, 0.25) is 0 Å². The number of aliphatic imine (C=N–C) groups is 3. The first-order valence-corrected chi connectivity index (χ1v) is 18.9. The first-order chi connectivity index (χ1) is 24.1. The van der Waals surface area contributed by atoms with Crippen molar-refractivity contribution in [3.63, 3.8) is 0 Å². The number of hydrogen-bond donors (Lipinski definition) is 1. The van der Waals surface area contributed by atoms with Gasteiger partial charge >= 0.3 is 5.97 Å². The molecule has 6 aliphatic rings. The molecule has 2 unspecified atom stereocenters. The molecule has 8 heteroatoms. The predicted octanol–water partition coefficient (Wildman–Crippen LogP) is 8.75. The zero-order valence-corrected chi connectivity index (χ0v) is 31.3. The number of methoxy groups -OCH3 is 1. The van der Waals surface area contributed by atoms with E-state index >= 15 is 0 Å². The van der Waals surface area contributed by atoms with E-state index in [1.54, 1.807) is 0 Å². The number of fused-ring (bicyclic) bond motifs is 4. The Kier molecular flexibility index (Phi) is 10.9. The average Bonchev–Trinajstić information content (AvgIpc) is 3.88. The van der Waals surface area contributed by atoms with Crippen LogP contribution >= 0.6 is 0 Å². The van der Waals surface area contributed by atoms with Crippen LogP contribution in [-0.2, 0) is 19.1 Å². The summed E-state index contributed by atoms with van der Waals surface area (Å²) in [6.07, 6.45) is 14.6. The van der Waals surface area contributed by atoms with Gasteiger partial charge in [-0.1, -0.05) is 53.4 Å². The molecule has 5 aliphatic heterocycles. The third-order valence-electron chi connectivity index (χ3n) is 11.6. The van der Waals surface area contributed by atoms with E-state index in [0.29, 0.717) is 24.1 Å². The maximum absolute atomic E-state index is 13.1. The molecule has 1 aliphatic carbocycles. The van der Waals surface area contributed by atoms with Crippen LogP contribution in [0.25, 0.3) is 0 Å². The fraction of sp³-hybridized carbons (Fsp3) is 0.548. The van der Waals surface area contributed by atoms with Crippen LogP contribution in [0.15, 0.2) is 94.6 Å². The molecule has 0 radical (unpaired) electrons. The lowest BCUT2D eigenvalue weighted by atomic mass is 9.82. The molecule has 0 saturated carbocycles. The summed E-state index contributed by atoms with van der Waals surface area (Å²) >= 11 is 0. The largest absolute Gasteiger partial charge is 0.469 e. The van der Waals surface area contributed by atoms with Crippen LogP contribution < -0.4 is 5.32 Å². The first-order valence-electron chi connectivity index (χ1n) is 18.9. The second-order valence-corrected chi connectivity index (χ2v) is 14.5. The number of unbranched alkanes of at least 4 members (excludes halogenated alkanes) is 4. The van der Waals surface area contributed by atoms with Crippen LogP contribution in [0.5, 0.6) is 0 Å². The number of esters is 1. The van der Waals surface area contributed by atoms with E-state index in [2.05, 4.69) is 65.9 Å². The van der Waals surface area contributed by atoms with Crippen molar-refractivity contribution in [2.24, 2.45) is 32.7 Å². The summed E-state index contributed by atoms with van der Waals surface area (Å²) in [7, 11) is 1.43.